The summed E-state index contributed by atoms with van der Waals surface area (Å²) in [6.07, 6.45) is 8.67. The van der Waals surface area contributed by atoms with Gasteiger partial charge >= 0.3 is 0 Å². The van der Waals surface area contributed by atoms with Crippen LogP contribution in [0.3, 0.4) is 0 Å². The molecule has 0 radical (unpaired) electrons. The first kappa shape index (κ1) is 15.4. The molecule has 5 fully saturated rings. The molecule has 130 valence electrons. The van der Waals surface area contributed by atoms with Crippen LogP contribution in [0.25, 0.3) is 0 Å². The molecule has 1 aromatic carbocycles. The van der Waals surface area contributed by atoms with Crippen LogP contribution in [0.15, 0.2) is 24.3 Å². The zero-order chi connectivity index (χ0) is 17.2. The molecule has 0 saturated heterocycles. The number of nitriles is 1. The van der Waals surface area contributed by atoms with E-state index in [0.717, 1.165) is 47.6 Å². The third-order valence-corrected chi connectivity index (χ3v) is 7.59. The molecule has 0 spiro atoms. The van der Waals surface area contributed by atoms with Gasteiger partial charge in [0.05, 0.1) is 11.5 Å². The van der Waals surface area contributed by atoms with Crippen LogP contribution < -0.4 is 0 Å². The molecule has 1 aromatic rings. The van der Waals surface area contributed by atoms with Gasteiger partial charge < -0.3 is 4.90 Å². The summed E-state index contributed by atoms with van der Waals surface area (Å²) >= 11 is 0. The number of nitrogens with zero attached hydrogens (tertiary/aromatic N) is 2. The predicted octanol–water partition coefficient (Wildman–Crippen LogP) is 4.14. The summed E-state index contributed by atoms with van der Waals surface area (Å²) in [4.78, 5) is 15.1. The molecular formula is C22H26N2O. The summed E-state index contributed by atoms with van der Waals surface area (Å²) in [5.74, 6) is 3.46. The Labute approximate surface area is 150 Å². The Morgan fingerprint density at radius 1 is 1.04 bits per heavy atom. The minimum Gasteiger partial charge on any atom is -0.338 e. The first-order valence-corrected chi connectivity index (χ1v) is 9.88. The van der Waals surface area contributed by atoms with E-state index in [1.165, 1.54) is 32.1 Å². The van der Waals surface area contributed by atoms with Gasteiger partial charge in [0.1, 0.15) is 0 Å². The fourth-order valence-corrected chi connectivity index (χ4v) is 6.39. The van der Waals surface area contributed by atoms with E-state index in [1.807, 2.05) is 31.3 Å². The minimum absolute atomic E-state index is 0.158. The van der Waals surface area contributed by atoms with Gasteiger partial charge in [0.2, 0.25) is 0 Å². The molecule has 0 aliphatic heterocycles. The van der Waals surface area contributed by atoms with E-state index >= 15 is 0 Å². The van der Waals surface area contributed by atoms with Gasteiger partial charge in [-0.05, 0) is 86.3 Å². The summed E-state index contributed by atoms with van der Waals surface area (Å²) in [6.45, 7) is 0. The molecule has 3 nitrogen and oxygen atoms in total. The highest BCUT2D eigenvalue weighted by atomic mass is 16.2. The first-order valence-electron chi connectivity index (χ1n) is 9.88. The van der Waals surface area contributed by atoms with E-state index in [2.05, 4.69) is 11.0 Å². The molecule has 25 heavy (non-hydrogen) atoms. The molecule has 4 bridgehead atoms. The molecule has 1 amide bonds. The van der Waals surface area contributed by atoms with Crippen LogP contribution in [0.2, 0.25) is 0 Å². The quantitative estimate of drug-likeness (QED) is 0.834. The fraction of sp³-hybridized carbons (Fsp3) is 0.636. The van der Waals surface area contributed by atoms with Gasteiger partial charge in [-0.2, -0.15) is 5.26 Å². The molecule has 0 aromatic heterocycles. The van der Waals surface area contributed by atoms with E-state index in [1.54, 1.807) is 0 Å². The molecule has 3 heteroatoms. The lowest BCUT2D eigenvalue weighted by atomic mass is 9.54. The lowest BCUT2D eigenvalue weighted by molar-refractivity contribution is -0.0491. The van der Waals surface area contributed by atoms with E-state index in [-0.39, 0.29) is 11.3 Å². The number of carbonyl (C=O) groups excluding carboxylic acids is 1. The van der Waals surface area contributed by atoms with E-state index in [4.69, 9.17) is 0 Å². The molecule has 5 saturated carbocycles. The van der Waals surface area contributed by atoms with Crippen molar-refractivity contribution in [3.63, 3.8) is 0 Å². The van der Waals surface area contributed by atoms with Crippen LogP contribution in [-0.4, -0.2) is 23.9 Å². The van der Waals surface area contributed by atoms with Crippen LogP contribution in [0.4, 0.5) is 0 Å². The highest BCUT2D eigenvalue weighted by molar-refractivity contribution is 5.94. The summed E-state index contributed by atoms with van der Waals surface area (Å²) in [7, 11) is 2.01. The first-order chi connectivity index (χ1) is 12.1. The Kier molecular flexibility index (Phi) is 3.29. The Morgan fingerprint density at radius 3 is 2.08 bits per heavy atom. The van der Waals surface area contributed by atoms with Gasteiger partial charge in [-0.25, -0.2) is 0 Å². The third-order valence-electron chi connectivity index (χ3n) is 7.59. The zero-order valence-electron chi connectivity index (χ0n) is 14.9. The molecule has 5 aliphatic rings. The Balaban J connectivity index is 1.35. The van der Waals surface area contributed by atoms with Gasteiger partial charge in [-0.1, -0.05) is 12.1 Å². The average molecular weight is 334 g/mol. The van der Waals surface area contributed by atoms with Gasteiger partial charge in [-0.3, -0.25) is 4.79 Å². The highest BCUT2D eigenvalue weighted by Gasteiger charge is 2.50. The lowest BCUT2D eigenvalue weighted by Gasteiger charge is -2.56. The number of amides is 1. The standard InChI is InChI=1S/C22H26N2O/c1-24(20-17-9-14-8-15(11-17)12-18(20)10-14)21(25)16-2-4-19(5-3-16)22(13-23)6-7-22/h2-5,14-15,17-18,20H,6-12H2,1H3. The summed E-state index contributed by atoms with van der Waals surface area (Å²) in [6, 6.07) is 10.7. The van der Waals surface area contributed by atoms with Gasteiger partial charge in [-0.15, -0.1) is 0 Å². The van der Waals surface area contributed by atoms with Crippen LogP contribution in [-0.2, 0) is 5.41 Å². The number of hydrogen-bond donors (Lipinski definition) is 0. The largest absolute Gasteiger partial charge is 0.338 e. The monoisotopic (exact) mass is 334 g/mol. The second kappa shape index (κ2) is 5.34. The van der Waals surface area contributed by atoms with Crippen molar-refractivity contribution in [3.05, 3.63) is 35.4 Å². The fourth-order valence-electron chi connectivity index (χ4n) is 6.39. The summed E-state index contributed by atoms with van der Waals surface area (Å²) < 4.78 is 0. The van der Waals surface area contributed by atoms with Crippen molar-refractivity contribution in [1.29, 1.82) is 5.26 Å². The number of rotatable bonds is 3. The second-order valence-corrected chi connectivity index (χ2v) is 9.11. The SMILES string of the molecule is CN(C(=O)c1ccc(C2(C#N)CC2)cc1)C1C2CC3CC(C2)CC1C3. The molecule has 5 aliphatic carbocycles. The molecule has 0 N–H and O–H groups in total. The number of hydrogen-bond acceptors (Lipinski definition) is 2. The van der Waals surface area contributed by atoms with Crippen molar-refractivity contribution in [1.82, 2.24) is 4.90 Å². The second-order valence-electron chi connectivity index (χ2n) is 9.11. The van der Waals surface area contributed by atoms with Crippen molar-refractivity contribution in [2.45, 2.75) is 56.4 Å². The molecule has 0 heterocycles. The van der Waals surface area contributed by atoms with E-state index in [9.17, 15) is 10.1 Å². The van der Waals surface area contributed by atoms with Crippen LogP contribution >= 0.6 is 0 Å². The van der Waals surface area contributed by atoms with Crippen molar-refractivity contribution in [3.8, 4) is 6.07 Å². The zero-order valence-corrected chi connectivity index (χ0v) is 14.9. The van der Waals surface area contributed by atoms with Crippen molar-refractivity contribution in [2.24, 2.45) is 23.7 Å². The maximum absolute atomic E-state index is 13.1. The van der Waals surface area contributed by atoms with E-state index in [0.29, 0.717) is 6.04 Å². The smallest absolute Gasteiger partial charge is 0.253 e. The summed E-state index contributed by atoms with van der Waals surface area (Å²) in [5.41, 5.74) is 1.58. The minimum atomic E-state index is -0.269. The number of benzene rings is 1. The van der Waals surface area contributed by atoms with Crippen molar-refractivity contribution >= 4 is 5.91 Å². The Morgan fingerprint density at radius 2 is 1.60 bits per heavy atom. The topological polar surface area (TPSA) is 44.1 Å². The molecular weight excluding hydrogens is 308 g/mol. The molecule has 0 atom stereocenters. The molecule has 0 unspecified atom stereocenters. The molecule has 6 rings (SSSR count). The average Bonchev–Trinajstić information content (AvgIpc) is 3.41. The van der Waals surface area contributed by atoms with Crippen LogP contribution in [0.5, 0.6) is 0 Å². The van der Waals surface area contributed by atoms with Gasteiger partial charge in [0, 0.05) is 18.7 Å². The normalized spacial score (nSPS) is 36.7. The van der Waals surface area contributed by atoms with Crippen LogP contribution in [0, 0.1) is 35.0 Å². The maximum Gasteiger partial charge on any atom is 0.253 e. The highest BCUT2D eigenvalue weighted by Crippen LogP contribution is 2.55. The van der Waals surface area contributed by atoms with Gasteiger partial charge in [0.15, 0.2) is 0 Å². The Hall–Kier alpha value is -1.82. The van der Waals surface area contributed by atoms with Crippen molar-refractivity contribution < 1.29 is 4.79 Å². The van der Waals surface area contributed by atoms with Gasteiger partial charge in [0.25, 0.3) is 5.91 Å². The van der Waals surface area contributed by atoms with E-state index < -0.39 is 0 Å². The Bertz CT molecular complexity index is 712. The third kappa shape index (κ3) is 2.34. The predicted molar refractivity (Wildman–Crippen MR) is 95.9 cm³/mol. The lowest BCUT2D eigenvalue weighted by Crippen LogP contribution is -2.56. The summed E-state index contributed by atoms with van der Waals surface area (Å²) in [5, 5.41) is 9.34. The number of carbonyl (C=O) groups is 1. The van der Waals surface area contributed by atoms with Crippen molar-refractivity contribution in [2.75, 3.05) is 7.05 Å². The maximum atomic E-state index is 13.1. The van der Waals surface area contributed by atoms with Crippen LogP contribution in [0.1, 0.15) is 60.9 Å².